The molecule has 1 N–H and O–H groups in total. The van der Waals surface area contributed by atoms with Crippen molar-refractivity contribution in [1.29, 1.82) is 0 Å². The average molecular weight is 823 g/mol. The highest BCUT2D eigenvalue weighted by molar-refractivity contribution is 8.04. The lowest BCUT2D eigenvalue weighted by molar-refractivity contribution is -0.193. The van der Waals surface area contributed by atoms with Crippen LogP contribution in [0.4, 0.5) is 11.4 Å². The van der Waals surface area contributed by atoms with Gasteiger partial charge in [0.05, 0.1) is 23.7 Å². The Bertz CT molecular complexity index is 2150. The van der Waals surface area contributed by atoms with E-state index in [0.717, 1.165) is 45.0 Å². The summed E-state index contributed by atoms with van der Waals surface area (Å²) in [6, 6.07) is 34.1. The Morgan fingerprint density at radius 3 is 1.86 bits per heavy atom. The predicted molar refractivity (Wildman–Crippen MR) is 220 cm³/mol. The maximum Gasteiger partial charge on any atom is 0.303 e. The van der Waals surface area contributed by atoms with Crippen molar-refractivity contribution in [3.63, 3.8) is 0 Å². The van der Waals surface area contributed by atoms with E-state index in [1.54, 1.807) is 78.9 Å². The highest BCUT2D eigenvalue weighted by Crippen LogP contribution is 2.60. The summed E-state index contributed by atoms with van der Waals surface area (Å²) in [5.41, 5.74) is 2.46. The molecule has 0 saturated heterocycles. The topological polar surface area (TPSA) is 171 Å². The van der Waals surface area contributed by atoms with Crippen LogP contribution in [0.15, 0.2) is 136 Å². The molecule has 0 fully saturated rings. The number of azo groups is 1. The summed E-state index contributed by atoms with van der Waals surface area (Å²) in [6.45, 7) is 4.33. The minimum atomic E-state index is -1.78. The van der Waals surface area contributed by atoms with Gasteiger partial charge in [-0.25, -0.2) is 0 Å². The quantitative estimate of drug-likeness (QED) is 0.0640. The molecule has 0 aliphatic carbocycles. The molecule has 1 aliphatic heterocycles. The van der Waals surface area contributed by atoms with Crippen molar-refractivity contribution >= 4 is 52.9 Å². The third-order valence-corrected chi connectivity index (χ3v) is 10.8. The minimum absolute atomic E-state index is 0.184. The van der Waals surface area contributed by atoms with Gasteiger partial charge in [0, 0.05) is 47.0 Å². The van der Waals surface area contributed by atoms with E-state index in [1.807, 2.05) is 48.3 Å². The molecule has 0 saturated carbocycles. The number of amides is 1. The minimum Gasteiger partial charge on any atom is -0.497 e. The van der Waals surface area contributed by atoms with Gasteiger partial charge in [-0.2, -0.15) is 10.2 Å². The Kier molecular flexibility index (Phi) is 15.0. The monoisotopic (exact) mass is 822 g/mol. The zero-order valence-corrected chi connectivity index (χ0v) is 34.3. The molecule has 1 amide bonds. The standard InChI is InChI=1S/C44H46N4O10S/c1-28(49)55-27-37(56-29(2)50)40(57-30(3)51)41(58-31(4)52)38-39(47-46-35-20-14-9-15-21-35)42(48(5)26-32-16-10-7-11-17-32)59-44(38,33-18-12-8-13-19-33)43(53)45-34-22-24-36(54-6)25-23-34/h7-25,37-38,40-41H,26-27H2,1-6H3,(H,45,53)/t37-,38-,40+,41-,44-/m1/s1. The van der Waals surface area contributed by atoms with Crippen molar-refractivity contribution in [2.24, 2.45) is 16.1 Å². The second kappa shape index (κ2) is 20.3. The maximum absolute atomic E-state index is 15.6. The van der Waals surface area contributed by atoms with Crippen LogP contribution in [0, 0.1) is 5.92 Å². The molecule has 0 unspecified atom stereocenters. The van der Waals surface area contributed by atoms with Gasteiger partial charge in [0.25, 0.3) is 0 Å². The molecule has 59 heavy (non-hydrogen) atoms. The first-order valence-corrected chi connectivity index (χ1v) is 19.4. The molecular weight excluding hydrogens is 777 g/mol. The Labute approximate surface area is 346 Å². The van der Waals surface area contributed by atoms with Crippen molar-refractivity contribution in [1.82, 2.24) is 4.90 Å². The summed E-state index contributed by atoms with van der Waals surface area (Å²) in [4.78, 5) is 68.7. The number of carbonyl (C=O) groups is 5. The van der Waals surface area contributed by atoms with Crippen molar-refractivity contribution < 1.29 is 47.7 Å². The van der Waals surface area contributed by atoms with Gasteiger partial charge in [-0.05, 0) is 47.5 Å². The number of rotatable bonds is 17. The number of ether oxygens (including phenoxy) is 5. The first-order chi connectivity index (χ1) is 28.3. The lowest BCUT2D eigenvalue weighted by Crippen LogP contribution is -2.56. The largest absolute Gasteiger partial charge is 0.497 e. The number of methoxy groups -OCH3 is 1. The Balaban J connectivity index is 1.87. The van der Waals surface area contributed by atoms with Crippen LogP contribution in [0.1, 0.15) is 38.8 Å². The molecule has 4 aromatic carbocycles. The van der Waals surface area contributed by atoms with E-state index < -0.39 is 65.4 Å². The molecule has 1 aliphatic rings. The molecule has 14 nitrogen and oxygen atoms in total. The van der Waals surface area contributed by atoms with Gasteiger partial charge in [0.1, 0.15) is 22.8 Å². The summed E-state index contributed by atoms with van der Waals surface area (Å²) in [7, 11) is 3.36. The van der Waals surface area contributed by atoms with E-state index in [-0.39, 0.29) is 5.70 Å². The highest BCUT2D eigenvalue weighted by atomic mass is 32.2. The fraction of sp³-hybridized carbons (Fsp3) is 0.295. The average Bonchev–Trinajstić information content (AvgIpc) is 3.57. The molecular formula is C44H46N4O10S. The second-order valence-electron chi connectivity index (χ2n) is 13.5. The van der Waals surface area contributed by atoms with E-state index in [4.69, 9.17) is 28.8 Å². The molecule has 15 heteroatoms. The van der Waals surface area contributed by atoms with Crippen LogP contribution >= 0.6 is 11.8 Å². The number of benzene rings is 4. The number of anilines is 1. The number of nitrogens with zero attached hydrogens (tertiary/aromatic N) is 3. The van der Waals surface area contributed by atoms with E-state index in [9.17, 15) is 19.2 Å². The van der Waals surface area contributed by atoms with Crippen LogP contribution in [0.25, 0.3) is 0 Å². The van der Waals surface area contributed by atoms with Crippen LogP contribution in [-0.2, 0) is 54.2 Å². The maximum atomic E-state index is 15.6. The van der Waals surface area contributed by atoms with Gasteiger partial charge < -0.3 is 33.9 Å². The van der Waals surface area contributed by atoms with Crippen molar-refractivity contribution in [3.8, 4) is 5.75 Å². The zero-order valence-electron chi connectivity index (χ0n) is 33.5. The van der Waals surface area contributed by atoms with Gasteiger partial charge in [-0.3, -0.25) is 24.0 Å². The smallest absolute Gasteiger partial charge is 0.303 e. The molecule has 5 rings (SSSR count). The van der Waals surface area contributed by atoms with Gasteiger partial charge in [-0.1, -0.05) is 90.6 Å². The highest BCUT2D eigenvalue weighted by Gasteiger charge is 2.63. The van der Waals surface area contributed by atoms with Crippen LogP contribution < -0.4 is 10.1 Å². The molecule has 0 aromatic heterocycles. The summed E-state index contributed by atoms with van der Waals surface area (Å²) in [5.74, 6) is -4.55. The van der Waals surface area contributed by atoms with Crippen molar-refractivity contribution in [2.45, 2.75) is 57.3 Å². The van der Waals surface area contributed by atoms with Crippen molar-refractivity contribution in [2.75, 3.05) is 26.1 Å². The van der Waals surface area contributed by atoms with Gasteiger partial charge in [0.2, 0.25) is 5.91 Å². The molecule has 4 aromatic rings. The Morgan fingerprint density at radius 1 is 0.729 bits per heavy atom. The van der Waals surface area contributed by atoms with Crippen LogP contribution in [-0.4, -0.2) is 73.8 Å². The molecule has 1 heterocycles. The van der Waals surface area contributed by atoms with Gasteiger partial charge >= 0.3 is 23.9 Å². The number of thioether (sulfide) groups is 1. The van der Waals surface area contributed by atoms with E-state index in [2.05, 4.69) is 10.4 Å². The van der Waals surface area contributed by atoms with Crippen molar-refractivity contribution in [3.05, 3.63) is 137 Å². The third-order valence-electron chi connectivity index (χ3n) is 9.13. The Hall–Kier alpha value is -6.48. The zero-order chi connectivity index (χ0) is 42.5. The predicted octanol–water partition coefficient (Wildman–Crippen LogP) is 7.34. The summed E-state index contributed by atoms with van der Waals surface area (Å²) in [5, 5.41) is 13.0. The van der Waals surface area contributed by atoms with E-state index in [0.29, 0.717) is 34.3 Å². The number of hydrogen-bond acceptors (Lipinski definition) is 14. The second-order valence-corrected chi connectivity index (χ2v) is 14.8. The summed E-state index contributed by atoms with van der Waals surface area (Å²) >= 11 is 1.15. The number of esters is 4. The first-order valence-electron chi connectivity index (χ1n) is 18.6. The summed E-state index contributed by atoms with van der Waals surface area (Å²) < 4.78 is 26.7. The Morgan fingerprint density at radius 2 is 1.31 bits per heavy atom. The number of carbonyl (C=O) groups excluding carboxylic acids is 5. The normalized spacial score (nSPS) is 17.6. The first kappa shape index (κ1) is 43.6. The fourth-order valence-electron chi connectivity index (χ4n) is 6.71. The number of hydrogen-bond donors (Lipinski definition) is 1. The molecule has 308 valence electrons. The lowest BCUT2D eigenvalue weighted by Gasteiger charge is -2.41. The SMILES string of the molecule is COc1ccc(NC(=O)[C@]2(c3ccccc3)SC(N(C)Cc3ccccc3)=C(N=Nc3ccccc3)[C@@H]2[C@@H](OC(C)=O)[C@@H](OC(C)=O)[C@@H](COC(C)=O)OC(C)=O)cc1. The molecule has 5 atom stereocenters. The summed E-state index contributed by atoms with van der Waals surface area (Å²) in [6.07, 6.45) is -4.83. The molecule has 0 spiro atoms. The molecule has 0 radical (unpaired) electrons. The van der Waals surface area contributed by atoms with E-state index in [1.165, 1.54) is 7.11 Å². The lowest BCUT2D eigenvalue weighted by atomic mass is 9.76. The molecule has 0 bridgehead atoms. The van der Waals surface area contributed by atoms with E-state index >= 15 is 4.79 Å². The number of nitrogens with one attached hydrogen (secondary N) is 1. The van der Waals surface area contributed by atoms with Crippen LogP contribution in [0.5, 0.6) is 5.75 Å². The fourth-order valence-corrected chi connectivity index (χ4v) is 8.28. The van der Waals surface area contributed by atoms with Gasteiger partial charge in [-0.15, -0.1) is 0 Å². The van der Waals surface area contributed by atoms with Crippen LogP contribution in [0.3, 0.4) is 0 Å². The van der Waals surface area contributed by atoms with Crippen LogP contribution in [0.2, 0.25) is 0 Å². The van der Waals surface area contributed by atoms with Gasteiger partial charge in [0.15, 0.2) is 18.3 Å². The third kappa shape index (κ3) is 11.1.